The molecular weight excluding hydrogens is 300 g/mol. The van der Waals surface area contributed by atoms with Crippen molar-refractivity contribution >= 4 is 11.9 Å². The highest BCUT2D eigenvalue weighted by Crippen LogP contribution is 2.17. The van der Waals surface area contributed by atoms with Crippen LogP contribution in [0, 0.1) is 6.92 Å². The Hall–Kier alpha value is -2.04. The van der Waals surface area contributed by atoms with Crippen LogP contribution in [0.1, 0.15) is 43.7 Å². The van der Waals surface area contributed by atoms with Crippen molar-refractivity contribution in [1.29, 1.82) is 0 Å². The fourth-order valence-corrected chi connectivity index (χ4v) is 3.22. The Morgan fingerprint density at radius 3 is 2.83 bits per heavy atom. The fraction of sp³-hybridized carbons (Fsp3) is 0.579. The minimum Gasteiger partial charge on any atom is -0.356 e. The summed E-state index contributed by atoms with van der Waals surface area (Å²) in [5.41, 5.74) is 2.50. The second kappa shape index (κ2) is 9.30. The fourth-order valence-electron chi connectivity index (χ4n) is 3.22. The van der Waals surface area contributed by atoms with Crippen LogP contribution in [-0.2, 0) is 11.3 Å². The Morgan fingerprint density at radius 2 is 2.21 bits per heavy atom. The van der Waals surface area contributed by atoms with Gasteiger partial charge in [0.25, 0.3) is 0 Å². The summed E-state index contributed by atoms with van der Waals surface area (Å²) >= 11 is 0. The molecule has 132 valence electrons. The minimum absolute atomic E-state index is 0.309. The summed E-state index contributed by atoms with van der Waals surface area (Å²) in [5, 5.41) is 6.70. The molecule has 24 heavy (non-hydrogen) atoms. The number of carbonyl (C=O) groups excluding carboxylic acids is 1. The lowest BCUT2D eigenvalue weighted by Crippen LogP contribution is -2.41. The van der Waals surface area contributed by atoms with Crippen molar-refractivity contribution in [3.05, 3.63) is 35.4 Å². The molecule has 0 radical (unpaired) electrons. The number of carbonyl (C=O) groups is 1. The molecule has 1 aromatic rings. The molecule has 1 fully saturated rings. The van der Waals surface area contributed by atoms with Gasteiger partial charge in [-0.2, -0.15) is 0 Å². The molecule has 1 amide bonds. The molecule has 0 aromatic heterocycles. The van der Waals surface area contributed by atoms with Gasteiger partial charge in [0.15, 0.2) is 5.96 Å². The summed E-state index contributed by atoms with van der Waals surface area (Å²) < 4.78 is 0. The highest BCUT2D eigenvalue weighted by atomic mass is 16.2. The Bertz CT molecular complexity index is 570. The van der Waals surface area contributed by atoms with E-state index in [1.807, 2.05) is 4.90 Å². The largest absolute Gasteiger partial charge is 0.356 e. The van der Waals surface area contributed by atoms with Crippen LogP contribution in [0.25, 0.3) is 0 Å². The minimum atomic E-state index is 0.309. The molecule has 5 nitrogen and oxygen atoms in total. The van der Waals surface area contributed by atoms with E-state index < -0.39 is 0 Å². The molecule has 1 aliphatic rings. The van der Waals surface area contributed by atoms with E-state index in [2.05, 4.69) is 53.7 Å². The number of nitrogens with zero attached hydrogens (tertiary/aromatic N) is 2. The number of nitrogens with one attached hydrogen (secondary N) is 2. The van der Waals surface area contributed by atoms with Gasteiger partial charge in [0.2, 0.25) is 5.91 Å². The third-order valence-corrected chi connectivity index (χ3v) is 4.56. The van der Waals surface area contributed by atoms with E-state index >= 15 is 0 Å². The number of aryl methyl sites for hydroxylation is 1. The van der Waals surface area contributed by atoms with Crippen molar-refractivity contribution in [2.24, 2.45) is 4.99 Å². The molecule has 1 aliphatic heterocycles. The molecule has 1 atom stereocenters. The normalized spacial score (nSPS) is 16.4. The summed E-state index contributed by atoms with van der Waals surface area (Å²) in [6.45, 7) is 6.73. The van der Waals surface area contributed by atoms with Crippen molar-refractivity contribution in [3.63, 3.8) is 0 Å². The first-order valence-electron chi connectivity index (χ1n) is 8.93. The van der Waals surface area contributed by atoms with Gasteiger partial charge in [-0.05, 0) is 31.7 Å². The van der Waals surface area contributed by atoms with Crippen LogP contribution in [0.2, 0.25) is 0 Å². The molecule has 0 saturated carbocycles. The highest BCUT2D eigenvalue weighted by Gasteiger charge is 2.26. The zero-order chi connectivity index (χ0) is 17.4. The van der Waals surface area contributed by atoms with Crippen LogP contribution in [0.15, 0.2) is 29.3 Å². The maximum Gasteiger partial charge on any atom is 0.222 e. The summed E-state index contributed by atoms with van der Waals surface area (Å²) in [7, 11) is 1.78. The first-order valence-corrected chi connectivity index (χ1v) is 8.93. The molecule has 5 heteroatoms. The number of hydrogen-bond donors (Lipinski definition) is 2. The van der Waals surface area contributed by atoms with Gasteiger partial charge in [-0.25, -0.2) is 0 Å². The van der Waals surface area contributed by atoms with Crippen LogP contribution < -0.4 is 10.6 Å². The summed E-state index contributed by atoms with van der Waals surface area (Å²) in [4.78, 5) is 18.2. The van der Waals surface area contributed by atoms with Gasteiger partial charge in [-0.3, -0.25) is 9.79 Å². The van der Waals surface area contributed by atoms with Crippen LogP contribution in [0.5, 0.6) is 0 Å². The third-order valence-electron chi connectivity index (χ3n) is 4.56. The smallest absolute Gasteiger partial charge is 0.222 e. The van der Waals surface area contributed by atoms with E-state index in [0.717, 1.165) is 44.9 Å². The molecule has 0 spiro atoms. The van der Waals surface area contributed by atoms with E-state index in [1.165, 1.54) is 11.1 Å². The summed E-state index contributed by atoms with van der Waals surface area (Å²) in [5.74, 6) is 1.11. The topological polar surface area (TPSA) is 56.7 Å². The predicted octanol–water partition coefficient (Wildman–Crippen LogP) is 2.45. The maximum atomic E-state index is 11.9. The van der Waals surface area contributed by atoms with Gasteiger partial charge in [0.05, 0.1) is 0 Å². The number of guanidine groups is 1. The van der Waals surface area contributed by atoms with Crippen LogP contribution >= 0.6 is 0 Å². The van der Waals surface area contributed by atoms with E-state index in [0.29, 0.717) is 18.4 Å². The molecule has 0 aliphatic carbocycles. The molecular formula is C19H30N4O. The lowest BCUT2D eigenvalue weighted by Gasteiger charge is -2.27. The van der Waals surface area contributed by atoms with Crippen LogP contribution in [0.4, 0.5) is 0 Å². The Labute approximate surface area is 145 Å². The van der Waals surface area contributed by atoms with Crippen molar-refractivity contribution in [3.8, 4) is 0 Å². The number of benzene rings is 1. The average Bonchev–Trinajstić information content (AvgIpc) is 3.00. The molecule has 1 saturated heterocycles. The third kappa shape index (κ3) is 5.25. The monoisotopic (exact) mass is 330 g/mol. The van der Waals surface area contributed by atoms with Crippen molar-refractivity contribution in [2.45, 2.75) is 52.1 Å². The molecule has 2 N–H and O–H groups in total. The molecule has 2 rings (SSSR count). The van der Waals surface area contributed by atoms with E-state index in [-0.39, 0.29) is 0 Å². The molecule has 0 bridgehead atoms. The maximum absolute atomic E-state index is 11.9. The van der Waals surface area contributed by atoms with Gasteiger partial charge in [-0.15, -0.1) is 0 Å². The molecule has 1 unspecified atom stereocenters. The average molecular weight is 330 g/mol. The first kappa shape index (κ1) is 18.3. The lowest BCUT2D eigenvalue weighted by atomic mass is 10.1. The zero-order valence-corrected chi connectivity index (χ0v) is 15.1. The van der Waals surface area contributed by atoms with E-state index in [1.54, 1.807) is 7.05 Å². The van der Waals surface area contributed by atoms with Gasteiger partial charge in [0, 0.05) is 39.1 Å². The van der Waals surface area contributed by atoms with Crippen LogP contribution in [-0.4, -0.2) is 42.9 Å². The number of likely N-dealkylation sites (tertiary alicyclic amines) is 1. The van der Waals surface area contributed by atoms with Crippen molar-refractivity contribution in [2.75, 3.05) is 20.1 Å². The SMILES string of the molecule is CCC(CCNC(=NC)NCc1cccc(C)c1)N1CCCC1=O. The Morgan fingerprint density at radius 1 is 1.38 bits per heavy atom. The summed E-state index contributed by atoms with van der Waals surface area (Å²) in [6, 6.07) is 8.79. The van der Waals surface area contributed by atoms with Crippen LogP contribution in [0.3, 0.4) is 0 Å². The first-order chi connectivity index (χ1) is 11.6. The van der Waals surface area contributed by atoms with Gasteiger partial charge in [-0.1, -0.05) is 36.8 Å². The van der Waals surface area contributed by atoms with Gasteiger partial charge in [0.1, 0.15) is 0 Å². The van der Waals surface area contributed by atoms with E-state index in [9.17, 15) is 4.79 Å². The summed E-state index contributed by atoms with van der Waals surface area (Å²) in [6.07, 6.45) is 3.67. The number of rotatable bonds is 7. The second-order valence-corrected chi connectivity index (χ2v) is 6.38. The molecule has 1 aromatic carbocycles. The number of aliphatic imine (C=N–C) groups is 1. The second-order valence-electron chi connectivity index (χ2n) is 6.38. The molecule has 1 heterocycles. The Balaban J connectivity index is 1.75. The number of amides is 1. The lowest BCUT2D eigenvalue weighted by molar-refractivity contribution is -0.129. The van der Waals surface area contributed by atoms with Crippen molar-refractivity contribution < 1.29 is 4.79 Å². The van der Waals surface area contributed by atoms with Gasteiger partial charge < -0.3 is 15.5 Å². The zero-order valence-electron chi connectivity index (χ0n) is 15.1. The van der Waals surface area contributed by atoms with Gasteiger partial charge >= 0.3 is 0 Å². The quantitative estimate of drug-likeness (QED) is 0.596. The van der Waals surface area contributed by atoms with Crippen molar-refractivity contribution in [1.82, 2.24) is 15.5 Å². The number of hydrogen-bond acceptors (Lipinski definition) is 2. The predicted molar refractivity (Wildman–Crippen MR) is 99.0 cm³/mol. The highest BCUT2D eigenvalue weighted by molar-refractivity contribution is 5.79. The Kier molecular flexibility index (Phi) is 7.09. The van der Waals surface area contributed by atoms with E-state index in [4.69, 9.17) is 0 Å². The standard InChI is InChI=1S/C19H30N4O/c1-4-17(23-12-6-9-18(23)24)10-11-21-19(20-3)22-14-16-8-5-7-15(2)13-16/h5,7-8,13,17H,4,6,9-12,14H2,1-3H3,(H2,20,21,22).